The van der Waals surface area contributed by atoms with Gasteiger partial charge in [-0.15, -0.1) is 0 Å². The molecule has 1 saturated heterocycles. The number of nitriles is 2. The summed E-state index contributed by atoms with van der Waals surface area (Å²) in [6, 6.07) is 19.5. The Hall–Kier alpha value is -3.96. The van der Waals surface area contributed by atoms with E-state index in [2.05, 4.69) is 17.0 Å². The fraction of sp³-hybridized carbons (Fsp3) is 0.200. The summed E-state index contributed by atoms with van der Waals surface area (Å²) in [5.74, 6) is 1.11. The summed E-state index contributed by atoms with van der Waals surface area (Å²) in [5, 5.41) is 20.6. The average molecular weight is 395 g/mol. The SMILES string of the molecule is COc1ccc([C@@H]2N(c3ccc(OC)cc3)C3=CC=CC=C[C@H]3C2(C#N)C#N)cc1. The predicted molar refractivity (Wildman–Crippen MR) is 115 cm³/mol. The monoisotopic (exact) mass is 395 g/mol. The first kappa shape index (κ1) is 19.4. The summed E-state index contributed by atoms with van der Waals surface area (Å²) < 4.78 is 10.6. The highest BCUT2D eigenvalue weighted by atomic mass is 16.5. The first-order valence-electron chi connectivity index (χ1n) is 9.63. The summed E-state index contributed by atoms with van der Waals surface area (Å²) in [6.07, 6.45) is 9.70. The van der Waals surface area contributed by atoms with Crippen molar-refractivity contribution in [2.75, 3.05) is 19.1 Å². The van der Waals surface area contributed by atoms with Gasteiger partial charge in [0.25, 0.3) is 0 Å². The molecule has 0 radical (unpaired) electrons. The van der Waals surface area contributed by atoms with Crippen LogP contribution in [0.15, 0.2) is 84.6 Å². The zero-order valence-corrected chi connectivity index (χ0v) is 16.8. The van der Waals surface area contributed by atoms with Crippen molar-refractivity contribution in [3.63, 3.8) is 0 Å². The first-order chi connectivity index (χ1) is 14.7. The zero-order valence-electron chi connectivity index (χ0n) is 16.8. The third kappa shape index (κ3) is 2.93. The molecule has 0 spiro atoms. The first-order valence-corrected chi connectivity index (χ1v) is 9.63. The van der Waals surface area contributed by atoms with Crippen LogP contribution in [0.3, 0.4) is 0 Å². The van der Waals surface area contributed by atoms with E-state index in [-0.39, 0.29) is 5.92 Å². The quantitative estimate of drug-likeness (QED) is 0.735. The topological polar surface area (TPSA) is 69.3 Å². The minimum Gasteiger partial charge on any atom is -0.497 e. The molecule has 0 saturated carbocycles. The van der Waals surface area contributed by atoms with Gasteiger partial charge in [-0.2, -0.15) is 10.5 Å². The molecule has 1 aliphatic heterocycles. The molecule has 5 heteroatoms. The molecule has 0 amide bonds. The standard InChI is InChI=1S/C25H21N3O2/c1-29-20-12-8-18(9-13-20)24-25(16-26,17-27)22-6-4-3-5-7-23(22)28(24)19-10-14-21(30-2)15-11-19/h3-15,22,24H,1-2H3/t22-,24+/m1/s1. The summed E-state index contributed by atoms with van der Waals surface area (Å²) in [6.45, 7) is 0. The molecule has 30 heavy (non-hydrogen) atoms. The second kappa shape index (κ2) is 7.81. The Morgan fingerprint density at radius 2 is 1.43 bits per heavy atom. The molecule has 4 rings (SSSR count). The smallest absolute Gasteiger partial charge is 0.180 e. The Labute approximate surface area is 176 Å². The number of methoxy groups -OCH3 is 2. The van der Waals surface area contributed by atoms with E-state index in [1.807, 2.05) is 78.9 Å². The molecule has 2 aromatic rings. The van der Waals surface area contributed by atoms with Crippen molar-refractivity contribution in [2.24, 2.45) is 11.3 Å². The number of nitrogens with zero attached hydrogens (tertiary/aromatic N) is 3. The molecule has 0 N–H and O–H groups in total. The Morgan fingerprint density at radius 1 is 0.833 bits per heavy atom. The van der Waals surface area contributed by atoms with Crippen LogP contribution < -0.4 is 14.4 Å². The molecule has 0 bridgehead atoms. The Morgan fingerprint density at radius 3 is 2.00 bits per heavy atom. The van der Waals surface area contributed by atoms with Crippen LogP contribution in [-0.4, -0.2) is 14.2 Å². The van der Waals surface area contributed by atoms with Gasteiger partial charge >= 0.3 is 0 Å². The summed E-state index contributed by atoms with van der Waals surface area (Å²) >= 11 is 0. The minimum atomic E-state index is -1.29. The highest BCUT2D eigenvalue weighted by Crippen LogP contribution is 2.57. The highest BCUT2D eigenvalue weighted by Gasteiger charge is 2.58. The van der Waals surface area contributed by atoms with Crippen molar-refractivity contribution >= 4 is 5.69 Å². The second-order valence-corrected chi connectivity index (χ2v) is 7.18. The van der Waals surface area contributed by atoms with Gasteiger partial charge in [-0.25, -0.2) is 0 Å². The van der Waals surface area contributed by atoms with Crippen molar-refractivity contribution in [3.05, 3.63) is 90.2 Å². The van der Waals surface area contributed by atoms with Crippen molar-refractivity contribution in [3.8, 4) is 23.6 Å². The van der Waals surface area contributed by atoms with Crippen molar-refractivity contribution in [1.29, 1.82) is 10.5 Å². The van der Waals surface area contributed by atoms with Gasteiger partial charge in [0.1, 0.15) is 11.5 Å². The number of allylic oxidation sites excluding steroid dienone is 5. The summed E-state index contributed by atoms with van der Waals surface area (Å²) in [4.78, 5) is 2.10. The van der Waals surface area contributed by atoms with E-state index >= 15 is 0 Å². The molecular weight excluding hydrogens is 374 g/mol. The average Bonchev–Trinajstić information content (AvgIpc) is 2.92. The van der Waals surface area contributed by atoms with Gasteiger partial charge in [0.2, 0.25) is 0 Å². The van der Waals surface area contributed by atoms with Crippen molar-refractivity contribution in [1.82, 2.24) is 0 Å². The number of hydrogen-bond acceptors (Lipinski definition) is 5. The fourth-order valence-corrected chi connectivity index (χ4v) is 4.26. The third-order valence-corrected chi connectivity index (χ3v) is 5.72. The van der Waals surface area contributed by atoms with Crippen LogP contribution in [-0.2, 0) is 0 Å². The van der Waals surface area contributed by atoms with Gasteiger partial charge in [0, 0.05) is 11.4 Å². The van der Waals surface area contributed by atoms with Crippen LogP contribution in [0.4, 0.5) is 5.69 Å². The molecule has 5 nitrogen and oxygen atoms in total. The van der Waals surface area contributed by atoms with Crippen LogP contribution in [0.25, 0.3) is 0 Å². The maximum Gasteiger partial charge on any atom is 0.180 e. The Balaban J connectivity index is 1.95. The van der Waals surface area contributed by atoms with Crippen LogP contribution in [0, 0.1) is 34.0 Å². The molecule has 2 aromatic carbocycles. The van der Waals surface area contributed by atoms with Crippen molar-refractivity contribution in [2.45, 2.75) is 6.04 Å². The molecule has 1 aliphatic carbocycles. The van der Waals surface area contributed by atoms with Gasteiger partial charge in [0.15, 0.2) is 5.41 Å². The molecule has 2 aliphatic rings. The van der Waals surface area contributed by atoms with E-state index < -0.39 is 11.5 Å². The lowest BCUT2D eigenvalue weighted by Crippen LogP contribution is -2.31. The van der Waals surface area contributed by atoms with E-state index in [0.29, 0.717) is 0 Å². The van der Waals surface area contributed by atoms with Gasteiger partial charge in [-0.1, -0.05) is 36.4 Å². The van der Waals surface area contributed by atoms with E-state index in [4.69, 9.17) is 9.47 Å². The molecule has 1 heterocycles. The molecule has 148 valence electrons. The summed E-state index contributed by atoms with van der Waals surface area (Å²) in [7, 11) is 3.24. The predicted octanol–water partition coefficient (Wildman–Crippen LogP) is 4.92. The molecule has 0 aromatic heterocycles. The van der Waals surface area contributed by atoms with E-state index in [1.54, 1.807) is 14.2 Å². The summed E-state index contributed by atoms with van der Waals surface area (Å²) in [5.41, 5.74) is 1.39. The number of ether oxygens (including phenoxy) is 2. The van der Waals surface area contributed by atoms with Crippen LogP contribution in [0.1, 0.15) is 11.6 Å². The lowest BCUT2D eigenvalue weighted by atomic mass is 9.72. The third-order valence-electron chi connectivity index (χ3n) is 5.72. The van der Waals surface area contributed by atoms with Crippen molar-refractivity contribution < 1.29 is 9.47 Å². The van der Waals surface area contributed by atoms with Gasteiger partial charge in [-0.3, -0.25) is 0 Å². The number of anilines is 1. The normalized spacial score (nSPS) is 21.1. The highest BCUT2D eigenvalue weighted by molar-refractivity contribution is 5.65. The van der Waals surface area contributed by atoms with Crippen LogP contribution in [0.5, 0.6) is 11.5 Å². The number of fused-ring (bicyclic) bond motifs is 1. The number of hydrogen-bond donors (Lipinski definition) is 0. The molecule has 2 atom stereocenters. The number of benzene rings is 2. The lowest BCUT2D eigenvalue weighted by molar-refractivity contribution is 0.408. The molecule has 1 fully saturated rings. The second-order valence-electron chi connectivity index (χ2n) is 7.18. The van der Waals surface area contributed by atoms with Gasteiger partial charge in [-0.05, 0) is 48.0 Å². The maximum absolute atomic E-state index is 10.3. The van der Waals surface area contributed by atoms with Gasteiger partial charge < -0.3 is 14.4 Å². The van der Waals surface area contributed by atoms with E-state index in [1.165, 1.54) is 0 Å². The van der Waals surface area contributed by atoms with E-state index in [9.17, 15) is 10.5 Å². The number of rotatable bonds is 4. The zero-order chi connectivity index (χ0) is 21.1. The Bertz CT molecular complexity index is 1090. The molecule has 0 unspecified atom stereocenters. The minimum absolute atomic E-state index is 0.364. The van der Waals surface area contributed by atoms with E-state index in [0.717, 1.165) is 28.4 Å². The van der Waals surface area contributed by atoms with Crippen LogP contribution >= 0.6 is 0 Å². The fourth-order valence-electron chi connectivity index (χ4n) is 4.26. The largest absolute Gasteiger partial charge is 0.497 e. The lowest BCUT2D eigenvalue weighted by Gasteiger charge is -2.31. The van der Waals surface area contributed by atoms with Crippen LogP contribution in [0.2, 0.25) is 0 Å². The maximum atomic E-state index is 10.3. The van der Waals surface area contributed by atoms with Gasteiger partial charge in [0.05, 0.1) is 38.3 Å². The molecular formula is C25H21N3O2. The Kier molecular flexibility index (Phi) is 5.04.